The largest absolute Gasteiger partial charge is 0.465 e. The molecule has 0 saturated carbocycles. The Morgan fingerprint density at radius 3 is 2.75 bits per heavy atom. The molecule has 0 aromatic carbocycles. The van der Waals surface area contributed by atoms with E-state index in [4.69, 9.17) is 4.74 Å². The Hall–Kier alpha value is -1.53. The van der Waals surface area contributed by atoms with Gasteiger partial charge in [0.15, 0.2) is 5.69 Å². The number of hydrogen-bond acceptors (Lipinski definition) is 3. The second-order valence-electron chi connectivity index (χ2n) is 3.52. The molecular formula is C9H9F3N2O2. The van der Waals surface area contributed by atoms with E-state index in [9.17, 15) is 18.0 Å². The molecule has 0 fully saturated rings. The predicted molar refractivity (Wildman–Crippen MR) is 48.3 cm³/mol. The zero-order valence-corrected chi connectivity index (χ0v) is 8.47. The maximum Gasteiger partial charge on any atom is 0.434 e. The Labute approximate surface area is 88.7 Å². The first-order valence-electron chi connectivity index (χ1n) is 4.72. The van der Waals surface area contributed by atoms with Crippen LogP contribution in [0.1, 0.15) is 17.7 Å². The van der Waals surface area contributed by atoms with Gasteiger partial charge in [0.05, 0.1) is 6.61 Å². The summed E-state index contributed by atoms with van der Waals surface area (Å²) >= 11 is 0. The van der Waals surface area contributed by atoms with Crippen LogP contribution in [0.2, 0.25) is 0 Å². The van der Waals surface area contributed by atoms with Crippen molar-refractivity contribution in [3.05, 3.63) is 21.6 Å². The molecule has 1 aromatic rings. The minimum atomic E-state index is -4.63. The third kappa shape index (κ3) is 1.66. The molecule has 1 aliphatic rings. The fourth-order valence-corrected chi connectivity index (χ4v) is 1.60. The molecule has 0 atom stereocenters. The highest BCUT2D eigenvalue weighted by Crippen LogP contribution is 2.30. The average molecular weight is 234 g/mol. The Kier molecular flexibility index (Phi) is 2.40. The van der Waals surface area contributed by atoms with E-state index in [0.717, 1.165) is 11.5 Å². The van der Waals surface area contributed by atoms with Crippen LogP contribution in [-0.2, 0) is 12.7 Å². The number of hydrogen-bond donors (Lipinski definition) is 0. The van der Waals surface area contributed by atoms with Gasteiger partial charge in [-0.1, -0.05) is 0 Å². The highest BCUT2D eigenvalue weighted by Gasteiger charge is 2.37. The summed E-state index contributed by atoms with van der Waals surface area (Å²) in [7, 11) is 0. The molecule has 4 nitrogen and oxygen atoms in total. The lowest BCUT2D eigenvalue weighted by Gasteiger charge is -2.20. The molecule has 7 heteroatoms. The van der Waals surface area contributed by atoms with Crippen LogP contribution in [-0.4, -0.2) is 16.2 Å². The minimum Gasteiger partial charge on any atom is -0.465 e. The van der Waals surface area contributed by atoms with Crippen molar-refractivity contribution in [1.82, 2.24) is 9.55 Å². The summed E-state index contributed by atoms with van der Waals surface area (Å²) in [4.78, 5) is 15.0. The topological polar surface area (TPSA) is 44.1 Å². The minimum absolute atomic E-state index is 0.242. The van der Waals surface area contributed by atoms with Crippen molar-refractivity contribution in [2.24, 2.45) is 0 Å². The number of aromatic nitrogens is 2. The zero-order chi connectivity index (χ0) is 11.9. The Morgan fingerprint density at radius 2 is 2.12 bits per heavy atom. The van der Waals surface area contributed by atoms with Crippen LogP contribution < -0.4 is 10.3 Å². The van der Waals surface area contributed by atoms with E-state index in [-0.39, 0.29) is 18.2 Å². The first-order valence-corrected chi connectivity index (χ1v) is 4.72. The molecule has 1 aliphatic heterocycles. The monoisotopic (exact) mass is 234 g/mol. The van der Waals surface area contributed by atoms with Gasteiger partial charge in [-0.2, -0.15) is 18.2 Å². The molecular weight excluding hydrogens is 225 g/mol. The molecule has 1 aromatic heterocycles. The van der Waals surface area contributed by atoms with Gasteiger partial charge in [-0.25, -0.2) is 0 Å². The van der Waals surface area contributed by atoms with Gasteiger partial charge in [0, 0.05) is 12.1 Å². The Bertz CT molecular complexity index is 479. The number of halogens is 3. The smallest absolute Gasteiger partial charge is 0.434 e. The molecule has 0 bridgehead atoms. The summed E-state index contributed by atoms with van der Waals surface area (Å²) < 4.78 is 43.7. The average Bonchev–Trinajstić information content (AvgIpc) is 2.22. The van der Waals surface area contributed by atoms with Crippen molar-refractivity contribution in [1.29, 1.82) is 0 Å². The third-order valence-electron chi connectivity index (χ3n) is 2.39. The Morgan fingerprint density at radius 1 is 1.44 bits per heavy atom. The molecule has 2 rings (SSSR count). The van der Waals surface area contributed by atoms with Gasteiger partial charge >= 0.3 is 6.18 Å². The van der Waals surface area contributed by atoms with Gasteiger partial charge < -0.3 is 4.74 Å². The van der Waals surface area contributed by atoms with E-state index < -0.39 is 17.4 Å². The van der Waals surface area contributed by atoms with Crippen LogP contribution in [0.3, 0.4) is 0 Å². The quantitative estimate of drug-likeness (QED) is 0.680. The highest BCUT2D eigenvalue weighted by atomic mass is 19.4. The summed E-state index contributed by atoms with van der Waals surface area (Å²) in [5, 5.41) is 0. The number of alkyl halides is 3. The van der Waals surface area contributed by atoms with Crippen LogP contribution in [0.5, 0.6) is 6.01 Å². The number of fused-ring (bicyclic) bond motifs is 1. The van der Waals surface area contributed by atoms with Crippen molar-refractivity contribution >= 4 is 0 Å². The second-order valence-corrected chi connectivity index (χ2v) is 3.52. The molecule has 0 spiro atoms. The first kappa shape index (κ1) is 11.0. The standard InChI is InChI=1S/C9H9F3N2O2/c1-5-6(9(10,11)12)13-8-14(7(5)15)3-2-4-16-8/h2-4H2,1H3. The van der Waals surface area contributed by atoms with Crippen LogP contribution >= 0.6 is 0 Å². The molecule has 88 valence electrons. The third-order valence-corrected chi connectivity index (χ3v) is 2.39. The van der Waals surface area contributed by atoms with Crippen LogP contribution in [0.25, 0.3) is 0 Å². The number of rotatable bonds is 0. The lowest BCUT2D eigenvalue weighted by atomic mass is 10.2. The van der Waals surface area contributed by atoms with Crippen molar-refractivity contribution in [2.45, 2.75) is 26.1 Å². The summed E-state index contributed by atoms with van der Waals surface area (Å²) in [5.74, 6) is 0. The van der Waals surface area contributed by atoms with Crippen LogP contribution in [0, 0.1) is 6.92 Å². The van der Waals surface area contributed by atoms with E-state index in [1.807, 2.05) is 0 Å². The fourth-order valence-electron chi connectivity index (χ4n) is 1.60. The van der Waals surface area contributed by atoms with E-state index >= 15 is 0 Å². The predicted octanol–water partition coefficient (Wildman–Crippen LogP) is 1.35. The zero-order valence-electron chi connectivity index (χ0n) is 8.47. The molecule has 2 heterocycles. The van der Waals surface area contributed by atoms with E-state index in [0.29, 0.717) is 13.0 Å². The summed E-state index contributed by atoms with van der Waals surface area (Å²) in [6.45, 7) is 1.76. The van der Waals surface area contributed by atoms with Crippen molar-refractivity contribution < 1.29 is 17.9 Å². The molecule has 0 unspecified atom stereocenters. The van der Waals surface area contributed by atoms with Gasteiger partial charge in [0.25, 0.3) is 11.6 Å². The lowest BCUT2D eigenvalue weighted by molar-refractivity contribution is -0.142. The Balaban J connectivity index is 2.67. The van der Waals surface area contributed by atoms with Crippen molar-refractivity contribution in [2.75, 3.05) is 6.61 Å². The summed E-state index contributed by atoms with van der Waals surface area (Å²) in [6.07, 6.45) is -4.03. The molecule has 0 aliphatic carbocycles. The molecule has 0 N–H and O–H groups in total. The maximum absolute atomic E-state index is 12.5. The molecule has 16 heavy (non-hydrogen) atoms. The molecule has 0 saturated heterocycles. The second kappa shape index (κ2) is 3.50. The van der Waals surface area contributed by atoms with Gasteiger partial charge in [0.2, 0.25) is 0 Å². The van der Waals surface area contributed by atoms with E-state index in [2.05, 4.69) is 4.98 Å². The summed E-state index contributed by atoms with van der Waals surface area (Å²) in [5.41, 5.74) is -2.23. The van der Waals surface area contributed by atoms with Gasteiger partial charge in [0.1, 0.15) is 0 Å². The molecule has 0 radical (unpaired) electrons. The maximum atomic E-state index is 12.5. The SMILES string of the molecule is Cc1c(C(F)(F)F)nc2n(c1=O)CCCO2. The molecule has 0 amide bonds. The lowest BCUT2D eigenvalue weighted by Crippen LogP contribution is -2.32. The number of ether oxygens (including phenoxy) is 1. The van der Waals surface area contributed by atoms with Crippen molar-refractivity contribution in [3.63, 3.8) is 0 Å². The fraction of sp³-hybridized carbons (Fsp3) is 0.556. The van der Waals surface area contributed by atoms with Gasteiger partial charge in [-0.15, -0.1) is 0 Å². The normalized spacial score (nSPS) is 15.5. The van der Waals surface area contributed by atoms with Gasteiger partial charge in [-0.05, 0) is 13.3 Å². The highest BCUT2D eigenvalue weighted by molar-refractivity contribution is 5.22. The van der Waals surface area contributed by atoms with Gasteiger partial charge in [-0.3, -0.25) is 9.36 Å². The summed E-state index contributed by atoms with van der Waals surface area (Å²) in [6, 6.07) is -0.242. The first-order chi connectivity index (χ1) is 7.41. The van der Waals surface area contributed by atoms with E-state index in [1.54, 1.807) is 0 Å². The van der Waals surface area contributed by atoms with Crippen LogP contribution in [0.15, 0.2) is 4.79 Å². The van der Waals surface area contributed by atoms with Crippen LogP contribution in [0.4, 0.5) is 13.2 Å². The van der Waals surface area contributed by atoms with E-state index in [1.165, 1.54) is 0 Å². The number of nitrogens with zero attached hydrogens (tertiary/aromatic N) is 2. The van der Waals surface area contributed by atoms with Crippen molar-refractivity contribution in [3.8, 4) is 6.01 Å².